The first-order valence-corrected chi connectivity index (χ1v) is 10.5. The van der Waals surface area contributed by atoms with Crippen molar-refractivity contribution in [2.24, 2.45) is 0 Å². The van der Waals surface area contributed by atoms with Gasteiger partial charge in [0.15, 0.2) is 6.61 Å². The number of carbonyl (C=O) groups is 2. The number of hydrogen-bond donors (Lipinski definition) is 1. The van der Waals surface area contributed by atoms with Gasteiger partial charge in [0.25, 0.3) is 5.91 Å². The first-order valence-electron chi connectivity index (χ1n) is 10.5. The highest BCUT2D eigenvalue weighted by molar-refractivity contribution is 5.88. The molecule has 0 spiro atoms. The van der Waals surface area contributed by atoms with Gasteiger partial charge in [-0.2, -0.15) is 0 Å². The molecule has 1 N–H and O–H groups in total. The van der Waals surface area contributed by atoms with E-state index in [0.717, 1.165) is 36.8 Å². The lowest BCUT2D eigenvalue weighted by atomic mass is 10.1. The molecule has 1 aliphatic rings. The van der Waals surface area contributed by atoms with E-state index in [-0.39, 0.29) is 36.8 Å². The van der Waals surface area contributed by atoms with Gasteiger partial charge in [0.1, 0.15) is 17.6 Å². The van der Waals surface area contributed by atoms with Gasteiger partial charge in [0.05, 0.1) is 0 Å². The second-order valence-corrected chi connectivity index (χ2v) is 7.92. The highest BCUT2D eigenvalue weighted by atomic mass is 19.1. The fourth-order valence-electron chi connectivity index (χ4n) is 3.69. The summed E-state index contributed by atoms with van der Waals surface area (Å²) in [6.07, 6.45) is 4.17. The van der Waals surface area contributed by atoms with Crippen LogP contribution in [0, 0.1) is 12.7 Å². The molecule has 0 aliphatic heterocycles. The number of nitrogens with one attached hydrogen (secondary N) is 1. The smallest absolute Gasteiger partial charge is 0.261 e. The van der Waals surface area contributed by atoms with E-state index >= 15 is 0 Å². The summed E-state index contributed by atoms with van der Waals surface area (Å²) in [5.41, 5.74) is 1.79. The highest BCUT2D eigenvalue weighted by Crippen LogP contribution is 2.19. The molecular formula is C24H29FN2O3. The summed E-state index contributed by atoms with van der Waals surface area (Å²) < 4.78 is 18.9. The third kappa shape index (κ3) is 6.05. The van der Waals surface area contributed by atoms with E-state index in [1.807, 2.05) is 25.1 Å². The molecule has 2 aromatic rings. The minimum Gasteiger partial charge on any atom is -0.484 e. The highest BCUT2D eigenvalue weighted by Gasteiger charge is 2.28. The van der Waals surface area contributed by atoms with Crippen molar-refractivity contribution >= 4 is 11.8 Å². The van der Waals surface area contributed by atoms with Crippen LogP contribution in [0.25, 0.3) is 0 Å². The molecule has 0 bridgehead atoms. The summed E-state index contributed by atoms with van der Waals surface area (Å²) in [5, 5.41) is 3.06. The molecule has 0 heterocycles. The van der Waals surface area contributed by atoms with E-state index in [1.54, 1.807) is 25.1 Å². The van der Waals surface area contributed by atoms with Crippen LogP contribution in [0.4, 0.5) is 4.39 Å². The Labute approximate surface area is 177 Å². The second kappa shape index (κ2) is 10.2. The maximum Gasteiger partial charge on any atom is 0.261 e. The van der Waals surface area contributed by atoms with E-state index in [9.17, 15) is 14.0 Å². The fraction of sp³-hybridized carbons (Fsp3) is 0.417. The van der Waals surface area contributed by atoms with Gasteiger partial charge >= 0.3 is 0 Å². The van der Waals surface area contributed by atoms with Crippen LogP contribution in [0.1, 0.15) is 43.7 Å². The first-order chi connectivity index (χ1) is 14.4. The van der Waals surface area contributed by atoms with Crippen molar-refractivity contribution in [1.29, 1.82) is 0 Å². The van der Waals surface area contributed by atoms with Crippen molar-refractivity contribution in [2.45, 2.75) is 58.2 Å². The molecule has 30 heavy (non-hydrogen) atoms. The van der Waals surface area contributed by atoms with Crippen LogP contribution in [-0.2, 0) is 16.1 Å². The summed E-state index contributed by atoms with van der Waals surface area (Å²) in [6, 6.07) is 12.9. The predicted molar refractivity (Wildman–Crippen MR) is 113 cm³/mol. The molecule has 2 aromatic carbocycles. The van der Waals surface area contributed by atoms with Gasteiger partial charge in [-0.3, -0.25) is 9.59 Å². The number of ether oxygens (including phenoxy) is 1. The molecule has 6 heteroatoms. The molecule has 0 unspecified atom stereocenters. The van der Waals surface area contributed by atoms with Crippen molar-refractivity contribution in [3.63, 3.8) is 0 Å². The minimum absolute atomic E-state index is 0.172. The number of nitrogens with zero attached hydrogens (tertiary/aromatic N) is 1. The van der Waals surface area contributed by atoms with E-state index in [2.05, 4.69) is 5.32 Å². The molecule has 3 rings (SSSR count). The number of carbonyl (C=O) groups excluding carboxylic acids is 2. The summed E-state index contributed by atoms with van der Waals surface area (Å²) in [5.74, 6) is -0.206. The number of rotatable bonds is 8. The van der Waals surface area contributed by atoms with Crippen LogP contribution < -0.4 is 10.1 Å². The van der Waals surface area contributed by atoms with Crippen molar-refractivity contribution in [3.8, 4) is 5.75 Å². The lowest BCUT2D eigenvalue weighted by molar-refractivity contribution is -0.142. The van der Waals surface area contributed by atoms with Crippen LogP contribution in [0.15, 0.2) is 48.5 Å². The topological polar surface area (TPSA) is 58.6 Å². The molecule has 2 amide bonds. The number of aryl methyl sites for hydroxylation is 1. The summed E-state index contributed by atoms with van der Waals surface area (Å²) in [4.78, 5) is 27.3. The van der Waals surface area contributed by atoms with Gasteiger partial charge in [-0.15, -0.1) is 0 Å². The number of amides is 2. The Morgan fingerprint density at radius 2 is 1.87 bits per heavy atom. The number of hydrogen-bond acceptors (Lipinski definition) is 3. The Balaban J connectivity index is 1.70. The lowest BCUT2D eigenvalue weighted by Gasteiger charge is -2.29. The Hall–Kier alpha value is -2.89. The van der Waals surface area contributed by atoms with Crippen LogP contribution in [0.3, 0.4) is 0 Å². The quantitative estimate of drug-likeness (QED) is 0.713. The maximum atomic E-state index is 13.3. The van der Waals surface area contributed by atoms with Gasteiger partial charge in [-0.25, -0.2) is 4.39 Å². The Morgan fingerprint density at radius 1 is 1.17 bits per heavy atom. The number of benzene rings is 2. The van der Waals surface area contributed by atoms with Crippen LogP contribution >= 0.6 is 0 Å². The maximum absolute atomic E-state index is 13.3. The van der Waals surface area contributed by atoms with Gasteiger partial charge in [-0.05, 0) is 62.1 Å². The van der Waals surface area contributed by atoms with Crippen LogP contribution in [0.5, 0.6) is 5.75 Å². The Kier molecular flexibility index (Phi) is 7.44. The molecule has 0 saturated heterocycles. The Bertz CT molecular complexity index is 863. The van der Waals surface area contributed by atoms with Crippen molar-refractivity contribution < 1.29 is 18.7 Å². The Morgan fingerprint density at radius 3 is 2.53 bits per heavy atom. The summed E-state index contributed by atoms with van der Waals surface area (Å²) >= 11 is 0. The third-order valence-corrected chi connectivity index (χ3v) is 5.49. The zero-order valence-electron chi connectivity index (χ0n) is 17.6. The van der Waals surface area contributed by atoms with E-state index in [1.165, 1.54) is 17.0 Å². The molecule has 1 aliphatic carbocycles. The zero-order valence-corrected chi connectivity index (χ0v) is 17.6. The molecule has 0 radical (unpaired) electrons. The minimum atomic E-state index is -0.663. The predicted octanol–water partition coefficient (Wildman–Crippen LogP) is 3.99. The van der Waals surface area contributed by atoms with Crippen molar-refractivity contribution in [2.75, 3.05) is 6.61 Å². The van der Waals surface area contributed by atoms with Crippen molar-refractivity contribution in [3.05, 3.63) is 65.5 Å². The molecular weight excluding hydrogens is 383 g/mol. The zero-order chi connectivity index (χ0) is 21.5. The fourth-order valence-corrected chi connectivity index (χ4v) is 3.69. The third-order valence-electron chi connectivity index (χ3n) is 5.49. The SMILES string of the molecule is Cc1cccc(OCC(=O)N(Cc2ccc(F)cc2)[C@@H](C)C(=O)NC2CCCC2)c1. The number of halogens is 1. The van der Waals surface area contributed by atoms with Crippen LogP contribution in [0.2, 0.25) is 0 Å². The normalized spacial score (nSPS) is 14.9. The first kappa shape index (κ1) is 21.8. The molecule has 1 fully saturated rings. The monoisotopic (exact) mass is 412 g/mol. The van der Waals surface area contributed by atoms with Gasteiger partial charge in [0.2, 0.25) is 5.91 Å². The van der Waals surface area contributed by atoms with E-state index in [0.29, 0.717) is 5.75 Å². The molecule has 5 nitrogen and oxygen atoms in total. The van der Waals surface area contributed by atoms with E-state index in [4.69, 9.17) is 4.74 Å². The van der Waals surface area contributed by atoms with Gasteiger partial charge < -0.3 is 15.0 Å². The molecule has 1 saturated carbocycles. The average molecular weight is 413 g/mol. The van der Waals surface area contributed by atoms with Gasteiger partial charge in [-0.1, -0.05) is 37.1 Å². The van der Waals surface area contributed by atoms with Crippen LogP contribution in [-0.4, -0.2) is 35.4 Å². The largest absolute Gasteiger partial charge is 0.484 e. The standard InChI is InChI=1S/C24H29FN2O3/c1-17-6-5-9-22(14-17)30-16-23(28)27(15-19-10-12-20(25)13-11-19)18(2)24(29)26-21-7-3-4-8-21/h5-6,9-14,18,21H,3-4,7-8,15-16H2,1-2H3,(H,26,29)/t18-/m0/s1. The molecule has 1 atom stereocenters. The molecule has 160 valence electrons. The molecule has 0 aromatic heterocycles. The lowest BCUT2D eigenvalue weighted by Crippen LogP contribution is -2.50. The van der Waals surface area contributed by atoms with Gasteiger partial charge in [0, 0.05) is 12.6 Å². The summed E-state index contributed by atoms with van der Waals surface area (Å²) in [6.45, 7) is 3.70. The average Bonchev–Trinajstić information content (AvgIpc) is 3.24. The second-order valence-electron chi connectivity index (χ2n) is 7.92. The van der Waals surface area contributed by atoms with E-state index < -0.39 is 6.04 Å². The summed E-state index contributed by atoms with van der Waals surface area (Å²) in [7, 11) is 0. The van der Waals surface area contributed by atoms with Crippen molar-refractivity contribution in [1.82, 2.24) is 10.2 Å².